The van der Waals surface area contributed by atoms with E-state index in [0.29, 0.717) is 4.88 Å². The predicted octanol–water partition coefficient (Wildman–Crippen LogP) is 5.37. The van der Waals surface area contributed by atoms with Crippen molar-refractivity contribution >= 4 is 46.3 Å². The smallest absolute Gasteiger partial charge is 0.162 e. The Hall–Kier alpha value is -2.74. The lowest BCUT2D eigenvalue weighted by atomic mass is 10.4. The summed E-state index contributed by atoms with van der Waals surface area (Å²) in [6, 6.07) is 33.2. The van der Waals surface area contributed by atoms with Gasteiger partial charge in [0.05, 0.1) is 17.6 Å². The summed E-state index contributed by atoms with van der Waals surface area (Å²) in [5, 5.41) is 5.44. The van der Waals surface area contributed by atoms with Gasteiger partial charge in [-0.1, -0.05) is 91.0 Å². The molecule has 0 saturated carbocycles. The van der Waals surface area contributed by atoms with E-state index >= 15 is 0 Å². The van der Waals surface area contributed by atoms with Gasteiger partial charge in [-0.15, -0.1) is 11.3 Å². The van der Waals surface area contributed by atoms with Crippen molar-refractivity contribution in [3.8, 4) is 0 Å². The fourth-order valence-electron chi connectivity index (χ4n) is 3.20. The lowest BCUT2D eigenvalue weighted by Gasteiger charge is -2.26. The molecular formula is C23H18NOPS. The molecule has 0 bridgehead atoms. The Labute approximate surface area is 163 Å². The minimum atomic E-state index is -2.31. The Morgan fingerprint density at radius 3 is 1.52 bits per heavy atom. The highest BCUT2D eigenvalue weighted by Gasteiger charge is 2.27. The molecule has 1 heterocycles. The Balaban J connectivity index is 2.15. The molecule has 4 rings (SSSR count). The third kappa shape index (κ3) is 3.32. The summed E-state index contributed by atoms with van der Waals surface area (Å²) >= 11 is 1.43. The number of benzene rings is 3. The van der Waals surface area contributed by atoms with Crippen LogP contribution < -0.4 is 15.9 Å². The van der Waals surface area contributed by atoms with Gasteiger partial charge in [0.15, 0.2) is 6.29 Å². The first-order valence-corrected chi connectivity index (χ1v) is 11.3. The minimum absolute atomic E-state index is 0.669. The lowest BCUT2D eigenvalue weighted by Crippen LogP contribution is -2.25. The minimum Gasteiger partial charge on any atom is -0.297 e. The van der Waals surface area contributed by atoms with Crippen molar-refractivity contribution in [1.82, 2.24) is 0 Å². The fraction of sp³-hybridized carbons (Fsp3) is 0. The molecule has 0 unspecified atom stereocenters. The quantitative estimate of drug-likeness (QED) is 0.334. The van der Waals surface area contributed by atoms with Crippen molar-refractivity contribution in [3.63, 3.8) is 0 Å². The molecule has 0 spiro atoms. The molecule has 4 heteroatoms. The highest BCUT2D eigenvalue weighted by molar-refractivity contribution is 7.87. The van der Waals surface area contributed by atoms with E-state index in [9.17, 15) is 4.79 Å². The van der Waals surface area contributed by atoms with Crippen LogP contribution in [0.4, 0.5) is 5.69 Å². The Kier molecular flexibility index (Phi) is 5.15. The van der Waals surface area contributed by atoms with Gasteiger partial charge in [0.25, 0.3) is 0 Å². The fourth-order valence-corrected chi connectivity index (χ4v) is 7.45. The Morgan fingerprint density at radius 1 is 0.667 bits per heavy atom. The first kappa shape index (κ1) is 17.7. The van der Waals surface area contributed by atoms with Gasteiger partial charge in [-0.05, 0) is 11.4 Å². The van der Waals surface area contributed by atoms with Crippen LogP contribution >= 0.6 is 18.4 Å². The van der Waals surface area contributed by atoms with Crippen LogP contribution in [0.15, 0.2) is 107 Å². The summed E-state index contributed by atoms with van der Waals surface area (Å²) in [6.07, 6.45) is 0.902. The molecule has 0 aliphatic carbocycles. The van der Waals surface area contributed by atoms with Gasteiger partial charge in [0, 0.05) is 15.9 Å². The monoisotopic (exact) mass is 387 g/mol. The number of carbonyl (C=O) groups excluding carboxylic acids is 1. The number of nitrogens with zero attached hydrogens (tertiary/aromatic N) is 1. The van der Waals surface area contributed by atoms with E-state index in [2.05, 4.69) is 72.8 Å². The summed E-state index contributed by atoms with van der Waals surface area (Å²) in [4.78, 5) is 12.2. The van der Waals surface area contributed by atoms with Gasteiger partial charge >= 0.3 is 0 Å². The van der Waals surface area contributed by atoms with E-state index < -0.39 is 7.05 Å². The summed E-state index contributed by atoms with van der Waals surface area (Å²) in [7, 11) is -2.31. The normalized spacial score (nSPS) is 11.1. The lowest BCUT2D eigenvalue weighted by molar-refractivity contribution is 0.112. The van der Waals surface area contributed by atoms with Crippen molar-refractivity contribution in [1.29, 1.82) is 0 Å². The van der Waals surface area contributed by atoms with Crippen LogP contribution in [0.5, 0.6) is 0 Å². The highest BCUT2D eigenvalue weighted by atomic mass is 32.1. The molecule has 0 N–H and O–H groups in total. The van der Waals surface area contributed by atoms with Gasteiger partial charge in [-0.3, -0.25) is 9.54 Å². The van der Waals surface area contributed by atoms with E-state index in [1.807, 2.05) is 29.6 Å². The van der Waals surface area contributed by atoms with Gasteiger partial charge in [0.2, 0.25) is 0 Å². The SMILES string of the molecule is O=Cc1sccc1N=P(c1ccccc1)(c1ccccc1)c1ccccc1. The van der Waals surface area contributed by atoms with Crippen LogP contribution in [0.3, 0.4) is 0 Å². The zero-order valence-corrected chi connectivity index (χ0v) is 16.3. The average Bonchev–Trinajstić information content (AvgIpc) is 3.21. The number of carbonyl (C=O) groups is 1. The zero-order valence-electron chi connectivity index (χ0n) is 14.6. The molecular weight excluding hydrogens is 369 g/mol. The molecule has 0 atom stereocenters. The topological polar surface area (TPSA) is 29.4 Å². The average molecular weight is 387 g/mol. The van der Waals surface area contributed by atoms with Gasteiger partial charge in [0.1, 0.15) is 0 Å². The van der Waals surface area contributed by atoms with E-state index in [4.69, 9.17) is 4.74 Å². The van der Waals surface area contributed by atoms with Crippen LogP contribution in [-0.2, 0) is 0 Å². The highest BCUT2D eigenvalue weighted by Crippen LogP contribution is 2.50. The molecule has 0 saturated heterocycles. The number of aldehydes is 1. The third-order valence-corrected chi connectivity index (χ3v) is 8.91. The van der Waals surface area contributed by atoms with Crippen LogP contribution in [0.25, 0.3) is 0 Å². The van der Waals surface area contributed by atoms with Gasteiger partial charge < -0.3 is 0 Å². The second-order valence-electron chi connectivity index (χ2n) is 6.03. The largest absolute Gasteiger partial charge is 0.297 e. The standard InChI is InChI=1S/C23H18NOPS/c25-18-23-22(16-17-27-23)24-26(19-10-4-1-5-11-19,20-12-6-2-7-13-20)21-14-8-3-9-15-21/h1-18H. The van der Waals surface area contributed by atoms with Crippen LogP contribution in [0.1, 0.15) is 9.67 Å². The van der Waals surface area contributed by atoms with Crippen LogP contribution in [0.2, 0.25) is 0 Å². The predicted molar refractivity (Wildman–Crippen MR) is 117 cm³/mol. The maximum atomic E-state index is 11.5. The maximum Gasteiger partial charge on any atom is 0.162 e. The summed E-state index contributed by atoms with van der Waals surface area (Å²) in [6.45, 7) is 0. The molecule has 132 valence electrons. The van der Waals surface area contributed by atoms with Crippen molar-refractivity contribution in [2.45, 2.75) is 0 Å². The molecule has 0 aliphatic heterocycles. The van der Waals surface area contributed by atoms with Crippen molar-refractivity contribution in [2.24, 2.45) is 4.74 Å². The Morgan fingerprint density at radius 2 is 1.11 bits per heavy atom. The molecule has 0 fully saturated rings. The van der Waals surface area contributed by atoms with Gasteiger partial charge in [-0.25, -0.2) is 0 Å². The maximum absolute atomic E-state index is 11.5. The van der Waals surface area contributed by atoms with Crippen molar-refractivity contribution in [3.05, 3.63) is 107 Å². The number of hydrogen-bond acceptors (Lipinski definition) is 3. The number of hydrogen-bond donors (Lipinski definition) is 0. The van der Waals surface area contributed by atoms with Gasteiger partial charge in [-0.2, -0.15) is 0 Å². The first-order valence-electron chi connectivity index (χ1n) is 8.66. The molecule has 0 aliphatic rings. The van der Waals surface area contributed by atoms with E-state index in [1.165, 1.54) is 27.3 Å². The summed E-state index contributed by atoms with van der Waals surface area (Å²) < 4.78 is 5.32. The summed E-state index contributed by atoms with van der Waals surface area (Å²) in [5.41, 5.74) is 0.764. The number of thiophene rings is 1. The zero-order chi connectivity index (χ0) is 18.5. The molecule has 1 aromatic heterocycles. The van der Waals surface area contributed by atoms with Crippen LogP contribution in [0, 0.1) is 0 Å². The second kappa shape index (κ2) is 7.87. The Bertz CT molecular complexity index is 986. The van der Waals surface area contributed by atoms with E-state index in [0.717, 1.165) is 12.0 Å². The van der Waals surface area contributed by atoms with Crippen LogP contribution in [-0.4, -0.2) is 6.29 Å². The number of rotatable bonds is 5. The second-order valence-corrected chi connectivity index (χ2v) is 10.00. The molecule has 0 amide bonds. The van der Waals surface area contributed by atoms with E-state index in [-0.39, 0.29) is 0 Å². The van der Waals surface area contributed by atoms with Crippen molar-refractivity contribution in [2.75, 3.05) is 0 Å². The molecule has 3 aromatic carbocycles. The third-order valence-electron chi connectivity index (χ3n) is 4.43. The molecule has 2 nitrogen and oxygen atoms in total. The first-order chi connectivity index (χ1) is 13.3. The molecule has 4 aromatic rings. The van der Waals surface area contributed by atoms with Crippen molar-refractivity contribution < 1.29 is 4.79 Å². The van der Waals surface area contributed by atoms with E-state index in [1.54, 1.807) is 0 Å². The molecule has 0 radical (unpaired) electrons. The summed E-state index contributed by atoms with van der Waals surface area (Å²) in [5.74, 6) is 0. The molecule has 27 heavy (non-hydrogen) atoms.